The summed E-state index contributed by atoms with van der Waals surface area (Å²) in [6.07, 6.45) is 0. The third-order valence-corrected chi connectivity index (χ3v) is 6.05. The molecule has 30 heavy (non-hydrogen) atoms. The van der Waals surface area contributed by atoms with E-state index in [0.29, 0.717) is 17.1 Å². The highest BCUT2D eigenvalue weighted by molar-refractivity contribution is 7.92. The van der Waals surface area contributed by atoms with Crippen LogP contribution in [0.1, 0.15) is 21.7 Å². The van der Waals surface area contributed by atoms with Gasteiger partial charge in [0.1, 0.15) is 5.82 Å². The number of para-hydroxylation sites is 3. The van der Waals surface area contributed by atoms with Crippen LogP contribution in [0.25, 0.3) is 11.0 Å². The first-order valence-electron chi connectivity index (χ1n) is 9.33. The van der Waals surface area contributed by atoms with Crippen LogP contribution in [-0.2, 0) is 16.6 Å². The topological polar surface area (TPSA) is 104 Å². The van der Waals surface area contributed by atoms with Crippen LogP contribution < -0.4 is 10.0 Å². The number of aryl methyl sites for hydroxylation is 1. The molecule has 1 amide bonds. The third kappa shape index (κ3) is 4.18. The average Bonchev–Trinajstić information content (AvgIpc) is 3.17. The number of hydrogen-bond acceptors (Lipinski definition) is 4. The molecule has 3 N–H and O–H groups in total. The quantitative estimate of drug-likeness (QED) is 0.443. The first-order valence-corrected chi connectivity index (χ1v) is 10.8. The monoisotopic (exact) mass is 420 g/mol. The minimum absolute atomic E-state index is 0.0830. The maximum atomic E-state index is 12.6. The molecule has 0 aliphatic carbocycles. The summed E-state index contributed by atoms with van der Waals surface area (Å²) < 4.78 is 27.8. The van der Waals surface area contributed by atoms with Crippen LogP contribution in [0.5, 0.6) is 0 Å². The molecule has 0 fully saturated rings. The molecule has 4 rings (SSSR count). The van der Waals surface area contributed by atoms with Crippen LogP contribution in [0, 0.1) is 6.92 Å². The van der Waals surface area contributed by atoms with Crippen molar-refractivity contribution < 1.29 is 13.2 Å². The second kappa shape index (κ2) is 8.00. The molecule has 152 valence electrons. The number of carbonyl (C=O) groups is 1. The van der Waals surface area contributed by atoms with E-state index < -0.39 is 10.0 Å². The lowest BCUT2D eigenvalue weighted by molar-refractivity contribution is 0.0950. The maximum Gasteiger partial charge on any atom is 0.261 e. The Morgan fingerprint density at radius 1 is 0.967 bits per heavy atom. The summed E-state index contributed by atoms with van der Waals surface area (Å²) in [5, 5.41) is 2.78. The standard InChI is InChI=1S/C22H20N4O3S/c1-15-6-2-3-7-18(15)26-30(28,29)17-12-10-16(11-13-17)22(27)23-14-21-24-19-8-4-5-9-20(19)25-21/h2-13,26H,14H2,1H3,(H,23,27)(H,24,25). The van der Waals surface area contributed by atoms with E-state index in [4.69, 9.17) is 0 Å². The third-order valence-electron chi connectivity index (χ3n) is 4.67. The van der Waals surface area contributed by atoms with Gasteiger partial charge in [-0.2, -0.15) is 0 Å². The minimum atomic E-state index is -3.75. The summed E-state index contributed by atoms with van der Waals surface area (Å²) in [6, 6.07) is 20.5. The molecule has 0 bridgehead atoms. The smallest absolute Gasteiger partial charge is 0.261 e. The van der Waals surface area contributed by atoms with Gasteiger partial charge in [-0.15, -0.1) is 0 Å². The normalized spacial score (nSPS) is 11.4. The highest BCUT2D eigenvalue weighted by Gasteiger charge is 2.16. The minimum Gasteiger partial charge on any atom is -0.345 e. The van der Waals surface area contributed by atoms with E-state index in [1.165, 1.54) is 24.3 Å². The molecule has 0 atom stereocenters. The number of aromatic nitrogens is 2. The van der Waals surface area contributed by atoms with Gasteiger partial charge in [-0.3, -0.25) is 9.52 Å². The molecule has 7 nitrogen and oxygen atoms in total. The molecular weight excluding hydrogens is 400 g/mol. The van der Waals surface area contributed by atoms with E-state index >= 15 is 0 Å². The van der Waals surface area contributed by atoms with E-state index in [1.54, 1.807) is 12.1 Å². The number of aromatic amines is 1. The molecule has 0 radical (unpaired) electrons. The number of sulfonamides is 1. The molecule has 0 spiro atoms. The SMILES string of the molecule is Cc1ccccc1NS(=O)(=O)c1ccc(C(=O)NCc2nc3ccccc3[nH]2)cc1. The largest absolute Gasteiger partial charge is 0.345 e. The summed E-state index contributed by atoms with van der Waals surface area (Å²) in [7, 11) is -3.75. The Morgan fingerprint density at radius 3 is 2.40 bits per heavy atom. The molecule has 8 heteroatoms. The molecule has 4 aromatic rings. The van der Waals surface area contributed by atoms with Gasteiger partial charge in [0.05, 0.1) is 28.2 Å². The lowest BCUT2D eigenvalue weighted by Gasteiger charge is -2.11. The fourth-order valence-electron chi connectivity index (χ4n) is 3.03. The zero-order valence-corrected chi connectivity index (χ0v) is 17.0. The van der Waals surface area contributed by atoms with E-state index in [0.717, 1.165) is 16.6 Å². The predicted molar refractivity (Wildman–Crippen MR) is 116 cm³/mol. The summed E-state index contributed by atoms with van der Waals surface area (Å²) in [5.41, 5.74) is 3.43. The highest BCUT2D eigenvalue weighted by atomic mass is 32.2. The number of anilines is 1. The van der Waals surface area contributed by atoms with Gasteiger partial charge in [-0.1, -0.05) is 30.3 Å². The van der Waals surface area contributed by atoms with Gasteiger partial charge in [0.15, 0.2) is 0 Å². The van der Waals surface area contributed by atoms with Crippen molar-refractivity contribution in [2.24, 2.45) is 0 Å². The van der Waals surface area contributed by atoms with Crippen molar-refractivity contribution in [3.63, 3.8) is 0 Å². The first kappa shape index (κ1) is 19.7. The van der Waals surface area contributed by atoms with E-state index in [2.05, 4.69) is 20.0 Å². The molecule has 3 aromatic carbocycles. The summed E-state index contributed by atoms with van der Waals surface area (Å²) in [6.45, 7) is 2.07. The number of fused-ring (bicyclic) bond motifs is 1. The van der Waals surface area contributed by atoms with Crippen molar-refractivity contribution in [2.75, 3.05) is 4.72 Å². The van der Waals surface area contributed by atoms with Gasteiger partial charge in [0, 0.05) is 5.56 Å². The van der Waals surface area contributed by atoms with Crippen LogP contribution >= 0.6 is 0 Å². The molecule has 1 aromatic heterocycles. The highest BCUT2D eigenvalue weighted by Crippen LogP contribution is 2.19. The van der Waals surface area contributed by atoms with Crippen molar-refractivity contribution in [1.29, 1.82) is 0 Å². The average molecular weight is 420 g/mol. The zero-order chi connectivity index (χ0) is 21.1. The van der Waals surface area contributed by atoms with Crippen LogP contribution in [0.15, 0.2) is 77.7 Å². The Kier molecular flexibility index (Phi) is 5.24. The predicted octanol–water partition coefficient (Wildman–Crippen LogP) is 3.60. The van der Waals surface area contributed by atoms with Crippen LogP contribution in [-0.4, -0.2) is 24.3 Å². The van der Waals surface area contributed by atoms with Crippen LogP contribution in [0.2, 0.25) is 0 Å². The summed E-state index contributed by atoms with van der Waals surface area (Å²) >= 11 is 0. The second-order valence-electron chi connectivity index (χ2n) is 6.83. The summed E-state index contributed by atoms with van der Waals surface area (Å²) in [5.74, 6) is 0.331. The van der Waals surface area contributed by atoms with Crippen molar-refractivity contribution >= 4 is 32.7 Å². The fraction of sp³-hybridized carbons (Fsp3) is 0.0909. The van der Waals surface area contributed by atoms with Gasteiger partial charge in [0.2, 0.25) is 0 Å². The molecular formula is C22H20N4O3S. The molecule has 0 saturated carbocycles. The molecule has 0 unspecified atom stereocenters. The Bertz CT molecular complexity index is 1280. The molecule has 1 heterocycles. The van der Waals surface area contributed by atoms with Crippen LogP contribution in [0.4, 0.5) is 5.69 Å². The number of amides is 1. The first-order chi connectivity index (χ1) is 14.4. The van der Waals surface area contributed by atoms with Gasteiger partial charge >= 0.3 is 0 Å². The Balaban J connectivity index is 1.43. The number of nitrogens with one attached hydrogen (secondary N) is 3. The number of H-pyrrole nitrogens is 1. The van der Waals surface area contributed by atoms with Gasteiger partial charge in [0.25, 0.3) is 15.9 Å². The maximum absolute atomic E-state index is 12.6. The Morgan fingerprint density at radius 2 is 1.67 bits per heavy atom. The van der Waals surface area contributed by atoms with Crippen molar-refractivity contribution in [3.05, 3.63) is 89.7 Å². The van der Waals surface area contributed by atoms with Crippen molar-refractivity contribution in [3.8, 4) is 0 Å². The summed E-state index contributed by atoms with van der Waals surface area (Å²) in [4.78, 5) is 20.1. The van der Waals surface area contributed by atoms with Gasteiger partial charge in [-0.05, 0) is 55.0 Å². The van der Waals surface area contributed by atoms with E-state index in [-0.39, 0.29) is 17.3 Å². The number of benzene rings is 3. The van der Waals surface area contributed by atoms with Crippen molar-refractivity contribution in [2.45, 2.75) is 18.4 Å². The second-order valence-corrected chi connectivity index (χ2v) is 8.51. The van der Waals surface area contributed by atoms with Gasteiger partial charge < -0.3 is 10.3 Å². The van der Waals surface area contributed by atoms with Crippen LogP contribution in [0.3, 0.4) is 0 Å². The lowest BCUT2D eigenvalue weighted by Crippen LogP contribution is -2.23. The number of rotatable bonds is 6. The number of carbonyl (C=O) groups excluding carboxylic acids is 1. The number of hydrogen-bond donors (Lipinski definition) is 3. The number of nitrogens with zero attached hydrogens (tertiary/aromatic N) is 1. The lowest BCUT2D eigenvalue weighted by atomic mass is 10.2. The number of imidazole rings is 1. The molecule has 0 aliphatic rings. The zero-order valence-electron chi connectivity index (χ0n) is 16.2. The Labute approximate surface area is 174 Å². The molecule has 0 saturated heterocycles. The van der Waals surface area contributed by atoms with E-state index in [1.807, 2.05) is 43.3 Å². The fourth-order valence-corrected chi connectivity index (χ4v) is 4.16. The van der Waals surface area contributed by atoms with E-state index in [9.17, 15) is 13.2 Å². The van der Waals surface area contributed by atoms with Gasteiger partial charge in [-0.25, -0.2) is 13.4 Å². The molecule has 0 aliphatic heterocycles. The van der Waals surface area contributed by atoms with Crippen molar-refractivity contribution in [1.82, 2.24) is 15.3 Å². The Hall–Kier alpha value is -3.65.